The van der Waals surface area contributed by atoms with Crippen LogP contribution in [0, 0.1) is 5.92 Å². The number of aromatic nitrogens is 1. The van der Waals surface area contributed by atoms with Crippen molar-refractivity contribution in [2.45, 2.75) is 64.8 Å². The van der Waals surface area contributed by atoms with Crippen molar-refractivity contribution < 1.29 is 20.1 Å². The van der Waals surface area contributed by atoms with E-state index in [-0.39, 0.29) is 17.3 Å². The minimum absolute atomic E-state index is 0.225. The van der Waals surface area contributed by atoms with Crippen LogP contribution in [0.15, 0.2) is 12.2 Å². The zero-order chi connectivity index (χ0) is 17.0. The Hall–Kier alpha value is -1.91. The van der Waals surface area contributed by atoms with Gasteiger partial charge in [-0.25, -0.2) is 4.79 Å². The smallest absolute Gasteiger partial charge is 0.330 e. The first-order valence-electron chi connectivity index (χ1n) is 8.45. The second-order valence-electron chi connectivity index (χ2n) is 6.68. The number of nitrogens with zero attached hydrogens (tertiary/aromatic N) is 1. The minimum Gasteiger partial charge on any atom is -0.494 e. The molecule has 0 saturated carbocycles. The molecule has 0 aromatic carbocycles. The van der Waals surface area contributed by atoms with Gasteiger partial charge in [0.2, 0.25) is 0 Å². The quantitative estimate of drug-likeness (QED) is 0.504. The normalized spacial score (nSPS) is 17.0. The Morgan fingerprint density at radius 3 is 2.52 bits per heavy atom. The van der Waals surface area contributed by atoms with Gasteiger partial charge in [0.25, 0.3) is 0 Å². The van der Waals surface area contributed by atoms with Crippen molar-refractivity contribution in [1.82, 2.24) is 4.57 Å². The number of carboxylic acid groups (broad SMARTS) is 1. The van der Waals surface area contributed by atoms with Gasteiger partial charge in [-0.05, 0) is 44.4 Å². The molecule has 1 atom stereocenters. The van der Waals surface area contributed by atoms with Gasteiger partial charge in [-0.2, -0.15) is 0 Å². The van der Waals surface area contributed by atoms with Gasteiger partial charge in [0.1, 0.15) is 0 Å². The van der Waals surface area contributed by atoms with Crippen molar-refractivity contribution in [3.63, 3.8) is 0 Å². The van der Waals surface area contributed by atoms with Crippen LogP contribution in [0.5, 0.6) is 11.8 Å². The first kappa shape index (κ1) is 17.4. The number of fused-ring (bicyclic) bond motifs is 1. The zero-order valence-corrected chi connectivity index (χ0v) is 13.8. The molecule has 128 valence electrons. The standard InChI is InChI=1S/C18H27NO4/c1-12-8-9-14-15(11-12)17(21)19(16(14)20)10-6-4-3-5-7-13(2)18(22)23/h12,20-21H,2-11H2,1H3,(H,22,23). The number of carboxylic acids is 1. The molecule has 1 heterocycles. The maximum Gasteiger partial charge on any atom is 0.330 e. The maximum atomic E-state index is 10.6. The van der Waals surface area contributed by atoms with Gasteiger partial charge in [0.05, 0.1) is 0 Å². The van der Waals surface area contributed by atoms with Crippen molar-refractivity contribution in [3.05, 3.63) is 23.3 Å². The Morgan fingerprint density at radius 2 is 1.83 bits per heavy atom. The van der Waals surface area contributed by atoms with E-state index < -0.39 is 5.97 Å². The van der Waals surface area contributed by atoms with Gasteiger partial charge in [0, 0.05) is 23.2 Å². The van der Waals surface area contributed by atoms with Crippen molar-refractivity contribution >= 4 is 5.97 Å². The molecule has 0 radical (unpaired) electrons. The highest BCUT2D eigenvalue weighted by Crippen LogP contribution is 2.40. The van der Waals surface area contributed by atoms with E-state index in [2.05, 4.69) is 13.5 Å². The number of aliphatic carboxylic acids is 1. The van der Waals surface area contributed by atoms with Crippen LogP contribution in [-0.2, 0) is 24.2 Å². The third-order valence-electron chi connectivity index (χ3n) is 4.77. The molecule has 1 unspecified atom stereocenters. The molecule has 23 heavy (non-hydrogen) atoms. The van der Waals surface area contributed by atoms with Crippen LogP contribution >= 0.6 is 0 Å². The fraction of sp³-hybridized carbons (Fsp3) is 0.611. The molecular weight excluding hydrogens is 294 g/mol. The van der Waals surface area contributed by atoms with Crippen molar-refractivity contribution in [2.75, 3.05) is 0 Å². The molecule has 1 aliphatic rings. The SMILES string of the molecule is C=C(CCCCCCn1c(O)c2c(c1O)CC(C)CC2)C(=O)O. The summed E-state index contributed by atoms with van der Waals surface area (Å²) in [6.45, 7) is 6.28. The highest BCUT2D eigenvalue weighted by molar-refractivity contribution is 5.85. The second-order valence-corrected chi connectivity index (χ2v) is 6.68. The van der Waals surface area contributed by atoms with E-state index >= 15 is 0 Å². The molecule has 1 aromatic heterocycles. The average Bonchev–Trinajstić information content (AvgIpc) is 2.74. The summed E-state index contributed by atoms with van der Waals surface area (Å²) in [4.78, 5) is 10.6. The molecule has 0 amide bonds. The van der Waals surface area contributed by atoms with Crippen LogP contribution in [0.1, 0.15) is 56.6 Å². The maximum absolute atomic E-state index is 10.6. The molecule has 0 bridgehead atoms. The van der Waals surface area contributed by atoms with Crippen LogP contribution in [0.4, 0.5) is 0 Å². The summed E-state index contributed by atoms with van der Waals surface area (Å²) < 4.78 is 1.62. The molecule has 3 N–H and O–H groups in total. The fourth-order valence-corrected chi connectivity index (χ4v) is 3.30. The van der Waals surface area contributed by atoms with E-state index in [9.17, 15) is 15.0 Å². The molecule has 0 saturated heterocycles. The molecule has 0 fully saturated rings. The number of rotatable bonds is 8. The molecular formula is C18H27NO4. The van der Waals surface area contributed by atoms with Crippen LogP contribution in [0.25, 0.3) is 0 Å². The van der Waals surface area contributed by atoms with Crippen LogP contribution in [0.2, 0.25) is 0 Å². The van der Waals surface area contributed by atoms with E-state index in [0.29, 0.717) is 18.9 Å². The van der Waals surface area contributed by atoms with E-state index in [1.165, 1.54) is 0 Å². The lowest BCUT2D eigenvalue weighted by Gasteiger charge is -2.17. The van der Waals surface area contributed by atoms with E-state index in [1.54, 1.807) is 4.57 Å². The van der Waals surface area contributed by atoms with Gasteiger partial charge >= 0.3 is 5.97 Å². The lowest BCUT2D eigenvalue weighted by molar-refractivity contribution is -0.132. The van der Waals surface area contributed by atoms with Crippen LogP contribution in [-0.4, -0.2) is 25.9 Å². The first-order valence-corrected chi connectivity index (χ1v) is 8.45. The molecule has 1 aliphatic carbocycles. The Balaban J connectivity index is 1.81. The van der Waals surface area contributed by atoms with Gasteiger partial charge in [-0.1, -0.05) is 26.3 Å². The third-order valence-corrected chi connectivity index (χ3v) is 4.77. The van der Waals surface area contributed by atoms with Gasteiger partial charge in [0.15, 0.2) is 11.8 Å². The molecule has 0 aliphatic heterocycles. The molecule has 5 heteroatoms. The van der Waals surface area contributed by atoms with Gasteiger partial charge in [-0.3, -0.25) is 4.57 Å². The van der Waals surface area contributed by atoms with E-state index in [4.69, 9.17) is 5.11 Å². The van der Waals surface area contributed by atoms with Gasteiger partial charge < -0.3 is 15.3 Å². The van der Waals surface area contributed by atoms with Crippen molar-refractivity contribution in [3.8, 4) is 11.8 Å². The van der Waals surface area contributed by atoms with Crippen LogP contribution < -0.4 is 0 Å². The predicted molar refractivity (Wildman–Crippen MR) is 88.8 cm³/mol. The lowest BCUT2D eigenvalue weighted by Crippen LogP contribution is -2.09. The Bertz CT molecular complexity index is 588. The van der Waals surface area contributed by atoms with E-state index in [0.717, 1.165) is 56.1 Å². The molecule has 1 aromatic rings. The first-order chi connectivity index (χ1) is 10.9. The van der Waals surface area contributed by atoms with Crippen molar-refractivity contribution in [2.24, 2.45) is 5.92 Å². The Morgan fingerprint density at radius 1 is 1.17 bits per heavy atom. The van der Waals surface area contributed by atoms with E-state index in [1.807, 2.05) is 0 Å². The van der Waals surface area contributed by atoms with Gasteiger partial charge in [-0.15, -0.1) is 0 Å². The number of carbonyl (C=O) groups is 1. The third kappa shape index (κ3) is 4.09. The highest BCUT2D eigenvalue weighted by atomic mass is 16.4. The fourth-order valence-electron chi connectivity index (χ4n) is 3.30. The number of hydrogen-bond donors (Lipinski definition) is 3. The number of aromatic hydroxyl groups is 2. The highest BCUT2D eigenvalue weighted by Gasteiger charge is 2.26. The second kappa shape index (κ2) is 7.57. The topological polar surface area (TPSA) is 82.7 Å². The largest absolute Gasteiger partial charge is 0.494 e. The minimum atomic E-state index is -0.924. The summed E-state index contributed by atoms with van der Waals surface area (Å²) in [6.07, 6.45) is 6.75. The zero-order valence-electron chi connectivity index (χ0n) is 13.8. The monoisotopic (exact) mass is 321 g/mol. The number of unbranched alkanes of at least 4 members (excludes halogenated alkanes) is 3. The molecule has 5 nitrogen and oxygen atoms in total. The molecule has 0 spiro atoms. The summed E-state index contributed by atoms with van der Waals surface area (Å²) in [5.74, 6) is 0.0740. The average molecular weight is 321 g/mol. The summed E-state index contributed by atoms with van der Waals surface area (Å²) in [5, 5.41) is 29.4. The summed E-state index contributed by atoms with van der Waals surface area (Å²) in [7, 11) is 0. The van der Waals surface area contributed by atoms with Crippen molar-refractivity contribution in [1.29, 1.82) is 0 Å². The lowest BCUT2D eigenvalue weighted by atomic mass is 9.87. The molecule has 2 rings (SSSR count). The Kier molecular flexibility index (Phi) is 5.74. The summed E-state index contributed by atoms with van der Waals surface area (Å²) in [5.41, 5.74) is 2.09. The predicted octanol–water partition coefficient (Wildman–Crippen LogP) is 3.62. The Labute approximate surface area is 137 Å². The number of hydrogen-bond acceptors (Lipinski definition) is 3. The van der Waals surface area contributed by atoms with Crippen LogP contribution in [0.3, 0.4) is 0 Å². The summed E-state index contributed by atoms with van der Waals surface area (Å²) >= 11 is 0. The summed E-state index contributed by atoms with van der Waals surface area (Å²) in [6, 6.07) is 0.